The fourth-order valence-electron chi connectivity index (χ4n) is 1.82. The Bertz CT molecular complexity index is 515. The monoisotopic (exact) mass is 240 g/mol. The summed E-state index contributed by atoms with van der Waals surface area (Å²) < 4.78 is 0. The standard InChI is InChI=1S/C16H16O2/c1-12-7-9-14(10-8-12)16(18)11-15(17)13-5-3-2-4-6-13/h2-10,16,18H,11H2,1H3/t16-/m1/s1. The first kappa shape index (κ1) is 12.5. The van der Waals surface area contributed by atoms with E-state index in [0.717, 1.165) is 11.1 Å². The molecule has 18 heavy (non-hydrogen) atoms. The highest BCUT2D eigenvalue weighted by atomic mass is 16.3. The SMILES string of the molecule is Cc1ccc([C@H](O)CC(=O)c2ccccc2)cc1. The number of benzene rings is 2. The Morgan fingerprint density at radius 2 is 1.67 bits per heavy atom. The topological polar surface area (TPSA) is 37.3 Å². The van der Waals surface area contributed by atoms with Crippen LogP contribution in [-0.4, -0.2) is 10.9 Å². The summed E-state index contributed by atoms with van der Waals surface area (Å²) in [6.07, 6.45) is -0.620. The number of Topliss-reactive ketones (excluding diaryl/α,β-unsaturated/α-hetero) is 1. The van der Waals surface area contributed by atoms with Crippen molar-refractivity contribution in [3.63, 3.8) is 0 Å². The maximum absolute atomic E-state index is 11.9. The van der Waals surface area contributed by atoms with Crippen molar-refractivity contribution in [3.8, 4) is 0 Å². The lowest BCUT2D eigenvalue weighted by Crippen LogP contribution is -2.07. The number of ketones is 1. The Labute approximate surface area is 107 Å². The zero-order valence-electron chi connectivity index (χ0n) is 10.3. The van der Waals surface area contributed by atoms with E-state index in [1.54, 1.807) is 12.1 Å². The Morgan fingerprint density at radius 3 is 2.28 bits per heavy atom. The van der Waals surface area contributed by atoms with Crippen LogP contribution in [0.3, 0.4) is 0 Å². The maximum atomic E-state index is 11.9. The largest absolute Gasteiger partial charge is 0.388 e. The molecule has 0 aliphatic rings. The lowest BCUT2D eigenvalue weighted by atomic mass is 9.99. The number of aliphatic hydroxyl groups is 1. The summed E-state index contributed by atoms with van der Waals surface area (Å²) in [5.41, 5.74) is 2.56. The lowest BCUT2D eigenvalue weighted by molar-refractivity contribution is 0.0880. The molecule has 0 unspecified atom stereocenters. The average Bonchev–Trinajstić information content (AvgIpc) is 2.40. The van der Waals surface area contributed by atoms with Crippen LogP contribution in [0.1, 0.15) is 34.0 Å². The lowest BCUT2D eigenvalue weighted by Gasteiger charge is -2.10. The van der Waals surface area contributed by atoms with E-state index in [4.69, 9.17) is 0 Å². The van der Waals surface area contributed by atoms with Gasteiger partial charge in [0, 0.05) is 12.0 Å². The third kappa shape index (κ3) is 3.05. The Morgan fingerprint density at radius 1 is 1.06 bits per heavy atom. The number of hydrogen-bond donors (Lipinski definition) is 1. The van der Waals surface area contributed by atoms with Crippen LogP contribution in [0.5, 0.6) is 0 Å². The van der Waals surface area contributed by atoms with Gasteiger partial charge in [-0.1, -0.05) is 60.2 Å². The molecular weight excluding hydrogens is 224 g/mol. The number of rotatable bonds is 4. The minimum Gasteiger partial charge on any atom is -0.388 e. The minimum absolute atomic E-state index is 0.0383. The first-order valence-electron chi connectivity index (χ1n) is 5.99. The fraction of sp³-hybridized carbons (Fsp3) is 0.188. The van der Waals surface area contributed by atoms with Gasteiger partial charge >= 0.3 is 0 Å². The van der Waals surface area contributed by atoms with Crippen molar-refractivity contribution in [2.24, 2.45) is 0 Å². The molecule has 0 aromatic heterocycles. The van der Waals surface area contributed by atoms with Crippen molar-refractivity contribution in [2.75, 3.05) is 0 Å². The molecule has 2 heteroatoms. The number of hydrogen-bond acceptors (Lipinski definition) is 2. The minimum atomic E-state index is -0.738. The van der Waals surface area contributed by atoms with Crippen LogP contribution in [0.4, 0.5) is 0 Å². The van der Waals surface area contributed by atoms with Crippen LogP contribution in [0, 0.1) is 6.92 Å². The number of carbonyl (C=O) groups excluding carboxylic acids is 1. The van der Waals surface area contributed by atoms with E-state index in [2.05, 4.69) is 0 Å². The molecule has 0 radical (unpaired) electrons. The van der Waals surface area contributed by atoms with Gasteiger partial charge < -0.3 is 5.11 Å². The summed E-state index contributed by atoms with van der Waals surface area (Å²) >= 11 is 0. The number of aryl methyl sites for hydroxylation is 1. The van der Waals surface area contributed by atoms with Crippen LogP contribution in [0.15, 0.2) is 54.6 Å². The second-order valence-corrected chi connectivity index (χ2v) is 4.42. The average molecular weight is 240 g/mol. The first-order chi connectivity index (χ1) is 8.66. The molecule has 0 bridgehead atoms. The van der Waals surface area contributed by atoms with Crippen LogP contribution < -0.4 is 0 Å². The molecular formula is C16H16O2. The molecule has 92 valence electrons. The summed E-state index contributed by atoms with van der Waals surface area (Å²) in [5, 5.41) is 10.0. The normalized spacial score (nSPS) is 12.1. The summed E-state index contributed by atoms with van der Waals surface area (Å²) in [7, 11) is 0. The maximum Gasteiger partial charge on any atom is 0.165 e. The Balaban J connectivity index is 2.06. The molecule has 0 spiro atoms. The molecule has 2 rings (SSSR count). The Kier molecular flexibility index (Phi) is 3.90. The van der Waals surface area contributed by atoms with Gasteiger partial charge in [-0.15, -0.1) is 0 Å². The molecule has 2 aromatic carbocycles. The third-order valence-electron chi connectivity index (χ3n) is 2.94. The summed E-state index contributed by atoms with van der Waals surface area (Å²) in [5.74, 6) is -0.0383. The smallest absolute Gasteiger partial charge is 0.165 e. The van der Waals surface area contributed by atoms with Gasteiger partial charge in [0.25, 0.3) is 0 Å². The highest BCUT2D eigenvalue weighted by Crippen LogP contribution is 2.19. The van der Waals surface area contributed by atoms with E-state index in [-0.39, 0.29) is 12.2 Å². The zero-order chi connectivity index (χ0) is 13.0. The summed E-state index contributed by atoms with van der Waals surface area (Å²) in [4.78, 5) is 11.9. The molecule has 1 N–H and O–H groups in total. The predicted molar refractivity (Wildman–Crippen MR) is 71.5 cm³/mol. The van der Waals surface area contributed by atoms with E-state index in [1.807, 2.05) is 49.4 Å². The van der Waals surface area contributed by atoms with E-state index < -0.39 is 6.10 Å². The van der Waals surface area contributed by atoms with Crippen molar-refractivity contribution >= 4 is 5.78 Å². The van der Waals surface area contributed by atoms with Gasteiger partial charge in [0.2, 0.25) is 0 Å². The molecule has 0 heterocycles. The third-order valence-corrected chi connectivity index (χ3v) is 2.94. The second kappa shape index (κ2) is 5.61. The highest BCUT2D eigenvalue weighted by Gasteiger charge is 2.14. The van der Waals surface area contributed by atoms with Crippen molar-refractivity contribution < 1.29 is 9.90 Å². The van der Waals surface area contributed by atoms with Gasteiger partial charge in [0.05, 0.1) is 6.10 Å². The number of carbonyl (C=O) groups is 1. The Hall–Kier alpha value is -1.93. The van der Waals surface area contributed by atoms with E-state index in [1.165, 1.54) is 0 Å². The van der Waals surface area contributed by atoms with Gasteiger partial charge in [-0.25, -0.2) is 0 Å². The van der Waals surface area contributed by atoms with Gasteiger partial charge in [-0.3, -0.25) is 4.79 Å². The second-order valence-electron chi connectivity index (χ2n) is 4.42. The molecule has 0 saturated heterocycles. The van der Waals surface area contributed by atoms with E-state index >= 15 is 0 Å². The molecule has 2 aromatic rings. The highest BCUT2D eigenvalue weighted by molar-refractivity contribution is 5.96. The van der Waals surface area contributed by atoms with Crippen molar-refractivity contribution in [3.05, 3.63) is 71.3 Å². The quantitative estimate of drug-likeness (QED) is 0.832. The van der Waals surface area contributed by atoms with Crippen molar-refractivity contribution in [1.82, 2.24) is 0 Å². The molecule has 0 aliphatic carbocycles. The van der Waals surface area contributed by atoms with Gasteiger partial charge in [-0.2, -0.15) is 0 Å². The molecule has 0 amide bonds. The molecule has 2 nitrogen and oxygen atoms in total. The predicted octanol–water partition coefficient (Wildman–Crippen LogP) is 3.30. The van der Waals surface area contributed by atoms with Gasteiger partial charge in [0.15, 0.2) is 5.78 Å². The van der Waals surface area contributed by atoms with Crippen molar-refractivity contribution in [2.45, 2.75) is 19.4 Å². The van der Waals surface area contributed by atoms with Crippen LogP contribution in [-0.2, 0) is 0 Å². The van der Waals surface area contributed by atoms with Crippen LogP contribution >= 0.6 is 0 Å². The summed E-state index contributed by atoms with van der Waals surface area (Å²) in [6.45, 7) is 1.99. The van der Waals surface area contributed by atoms with Crippen molar-refractivity contribution in [1.29, 1.82) is 0 Å². The molecule has 0 fully saturated rings. The van der Waals surface area contributed by atoms with Gasteiger partial charge in [0.1, 0.15) is 0 Å². The fourth-order valence-corrected chi connectivity index (χ4v) is 1.82. The zero-order valence-corrected chi connectivity index (χ0v) is 10.3. The molecule has 1 atom stereocenters. The molecule has 0 saturated carbocycles. The van der Waals surface area contributed by atoms with Gasteiger partial charge in [-0.05, 0) is 12.5 Å². The van der Waals surface area contributed by atoms with E-state index in [9.17, 15) is 9.90 Å². The van der Waals surface area contributed by atoms with E-state index in [0.29, 0.717) is 5.56 Å². The van der Waals surface area contributed by atoms with Crippen LogP contribution in [0.25, 0.3) is 0 Å². The summed E-state index contributed by atoms with van der Waals surface area (Å²) in [6, 6.07) is 16.6. The number of aliphatic hydroxyl groups excluding tert-OH is 1. The van der Waals surface area contributed by atoms with Crippen LogP contribution in [0.2, 0.25) is 0 Å². The molecule has 0 aliphatic heterocycles. The first-order valence-corrected chi connectivity index (χ1v) is 5.99.